The lowest BCUT2D eigenvalue weighted by Crippen LogP contribution is -2.36. The summed E-state index contributed by atoms with van der Waals surface area (Å²) in [6, 6.07) is 10.4. The molecule has 0 unspecified atom stereocenters. The van der Waals surface area contributed by atoms with Gasteiger partial charge in [0.2, 0.25) is 5.88 Å². The highest BCUT2D eigenvalue weighted by Gasteiger charge is 2.10. The van der Waals surface area contributed by atoms with Crippen molar-refractivity contribution in [2.45, 2.75) is 33.0 Å². The summed E-state index contributed by atoms with van der Waals surface area (Å²) < 4.78 is 35.2. The lowest BCUT2D eigenvalue weighted by molar-refractivity contribution is -0.0504. The van der Waals surface area contributed by atoms with Gasteiger partial charge in [-0.2, -0.15) is 8.78 Å². The lowest BCUT2D eigenvalue weighted by Gasteiger charge is -2.15. The molecule has 0 aliphatic rings. The average Bonchev–Trinajstić information content (AvgIpc) is 2.68. The monoisotopic (exact) mass is 506 g/mol. The first-order chi connectivity index (χ1) is 13.1. The fourth-order valence-corrected chi connectivity index (χ4v) is 2.33. The van der Waals surface area contributed by atoms with E-state index >= 15 is 0 Å². The minimum atomic E-state index is -2.87. The topological polar surface area (TPSA) is 67.8 Å². The van der Waals surface area contributed by atoms with Crippen LogP contribution in [0, 0.1) is 0 Å². The molecule has 0 saturated carbocycles. The third-order valence-corrected chi connectivity index (χ3v) is 3.60. The third-order valence-electron chi connectivity index (χ3n) is 3.60. The largest absolute Gasteiger partial charge is 0.477 e. The Morgan fingerprint density at radius 3 is 2.46 bits per heavy atom. The second-order valence-corrected chi connectivity index (χ2v) is 5.58. The molecule has 0 saturated heterocycles. The van der Waals surface area contributed by atoms with Crippen molar-refractivity contribution < 1.29 is 18.3 Å². The molecule has 2 rings (SSSR count). The van der Waals surface area contributed by atoms with Crippen molar-refractivity contribution in [1.82, 2.24) is 15.6 Å². The molecular formula is C19H25F2IN4O2. The van der Waals surface area contributed by atoms with Gasteiger partial charge in [0, 0.05) is 37.5 Å². The van der Waals surface area contributed by atoms with Gasteiger partial charge in [-0.1, -0.05) is 31.2 Å². The molecular weight excluding hydrogens is 481 g/mol. The standard InChI is InChI=1S/C19H24F2N4O2.HI/c1-3-11-26-17-15(8-6-10-23-17)13-25-19(22-2)24-12-14-7-4-5-9-16(14)27-18(20)21;/h4-10,18H,3,11-13H2,1-2H3,(H2,22,24,25);1H. The van der Waals surface area contributed by atoms with Crippen molar-refractivity contribution in [1.29, 1.82) is 0 Å². The van der Waals surface area contributed by atoms with Gasteiger partial charge in [-0.25, -0.2) is 4.98 Å². The van der Waals surface area contributed by atoms with Crippen LogP contribution in [-0.4, -0.2) is 31.2 Å². The Hall–Kier alpha value is -2.17. The van der Waals surface area contributed by atoms with Gasteiger partial charge in [-0.15, -0.1) is 24.0 Å². The van der Waals surface area contributed by atoms with E-state index in [-0.39, 0.29) is 36.3 Å². The molecule has 1 aromatic carbocycles. The van der Waals surface area contributed by atoms with Gasteiger partial charge in [-0.3, -0.25) is 4.99 Å². The van der Waals surface area contributed by atoms with Crippen LogP contribution in [0.4, 0.5) is 8.78 Å². The van der Waals surface area contributed by atoms with Gasteiger partial charge in [0.1, 0.15) is 5.75 Å². The Balaban J connectivity index is 0.00000392. The highest BCUT2D eigenvalue weighted by molar-refractivity contribution is 14.0. The minimum absolute atomic E-state index is 0. The summed E-state index contributed by atoms with van der Waals surface area (Å²) >= 11 is 0. The molecule has 2 N–H and O–H groups in total. The summed E-state index contributed by atoms with van der Waals surface area (Å²) in [5, 5.41) is 6.25. The van der Waals surface area contributed by atoms with Crippen LogP contribution in [0.25, 0.3) is 0 Å². The van der Waals surface area contributed by atoms with Crippen LogP contribution in [0.15, 0.2) is 47.6 Å². The van der Waals surface area contributed by atoms with Crippen LogP contribution >= 0.6 is 24.0 Å². The van der Waals surface area contributed by atoms with Crippen molar-refractivity contribution in [3.8, 4) is 11.6 Å². The minimum Gasteiger partial charge on any atom is -0.477 e. The van der Waals surface area contributed by atoms with E-state index in [1.807, 2.05) is 19.1 Å². The zero-order valence-corrected chi connectivity index (χ0v) is 18.2. The van der Waals surface area contributed by atoms with Crippen LogP contribution < -0.4 is 20.1 Å². The van der Waals surface area contributed by atoms with Gasteiger partial charge >= 0.3 is 6.61 Å². The summed E-state index contributed by atoms with van der Waals surface area (Å²) in [7, 11) is 1.63. The number of aromatic nitrogens is 1. The number of rotatable bonds is 9. The summed E-state index contributed by atoms with van der Waals surface area (Å²) in [5.41, 5.74) is 1.50. The number of halogens is 3. The van der Waals surface area contributed by atoms with Crippen LogP contribution in [0.2, 0.25) is 0 Å². The molecule has 0 aliphatic carbocycles. The van der Waals surface area contributed by atoms with Gasteiger partial charge in [0.15, 0.2) is 5.96 Å². The number of hydrogen-bond donors (Lipinski definition) is 2. The molecule has 0 amide bonds. The number of para-hydroxylation sites is 1. The first-order valence-corrected chi connectivity index (χ1v) is 8.68. The number of nitrogens with zero attached hydrogens (tertiary/aromatic N) is 2. The van der Waals surface area contributed by atoms with E-state index < -0.39 is 6.61 Å². The quantitative estimate of drug-likeness (QED) is 0.306. The Kier molecular flexibility index (Phi) is 11.2. The van der Waals surface area contributed by atoms with Crippen molar-refractivity contribution in [2.75, 3.05) is 13.7 Å². The molecule has 0 spiro atoms. The highest BCUT2D eigenvalue weighted by atomic mass is 127. The number of aliphatic imine (C=N–C) groups is 1. The van der Waals surface area contributed by atoms with E-state index in [4.69, 9.17) is 4.74 Å². The van der Waals surface area contributed by atoms with E-state index in [2.05, 4.69) is 25.3 Å². The Labute approximate surface area is 180 Å². The maximum Gasteiger partial charge on any atom is 0.387 e. The number of pyridine rings is 1. The van der Waals surface area contributed by atoms with Crippen LogP contribution in [0.1, 0.15) is 24.5 Å². The van der Waals surface area contributed by atoms with Gasteiger partial charge in [0.05, 0.1) is 6.61 Å². The Bertz CT molecular complexity index is 747. The normalized spacial score (nSPS) is 11.0. The number of alkyl halides is 2. The number of nitrogens with one attached hydrogen (secondary N) is 2. The van der Waals surface area contributed by atoms with Crippen LogP contribution in [0.3, 0.4) is 0 Å². The van der Waals surface area contributed by atoms with E-state index in [9.17, 15) is 8.78 Å². The van der Waals surface area contributed by atoms with Crippen molar-refractivity contribution in [2.24, 2.45) is 4.99 Å². The van der Waals surface area contributed by atoms with Gasteiger partial charge in [0.25, 0.3) is 0 Å². The smallest absolute Gasteiger partial charge is 0.387 e. The summed E-state index contributed by atoms with van der Waals surface area (Å²) in [5.74, 6) is 1.24. The molecule has 6 nitrogen and oxygen atoms in total. The number of ether oxygens (including phenoxy) is 2. The fourth-order valence-electron chi connectivity index (χ4n) is 2.33. The first kappa shape index (κ1) is 23.9. The van der Waals surface area contributed by atoms with Gasteiger partial charge in [-0.05, 0) is 18.6 Å². The SMILES string of the molecule is CCCOc1ncccc1CNC(=NC)NCc1ccccc1OC(F)F.I. The molecule has 1 heterocycles. The van der Waals surface area contributed by atoms with Crippen LogP contribution in [0.5, 0.6) is 11.6 Å². The Morgan fingerprint density at radius 1 is 1.11 bits per heavy atom. The molecule has 0 atom stereocenters. The molecule has 0 aliphatic heterocycles. The van der Waals surface area contributed by atoms with E-state index in [1.165, 1.54) is 6.07 Å². The lowest BCUT2D eigenvalue weighted by atomic mass is 10.2. The molecule has 1 aromatic heterocycles. The van der Waals surface area contributed by atoms with Gasteiger partial charge < -0.3 is 20.1 Å². The molecule has 0 radical (unpaired) electrons. The third kappa shape index (κ3) is 7.83. The molecule has 2 aromatic rings. The fraction of sp³-hybridized carbons (Fsp3) is 0.368. The molecule has 28 heavy (non-hydrogen) atoms. The number of hydrogen-bond acceptors (Lipinski definition) is 4. The highest BCUT2D eigenvalue weighted by Crippen LogP contribution is 2.20. The summed E-state index contributed by atoms with van der Waals surface area (Å²) in [4.78, 5) is 8.39. The molecule has 154 valence electrons. The molecule has 9 heteroatoms. The van der Waals surface area contributed by atoms with Crippen molar-refractivity contribution >= 4 is 29.9 Å². The summed E-state index contributed by atoms with van der Waals surface area (Å²) in [6.07, 6.45) is 2.58. The van der Waals surface area contributed by atoms with Crippen LogP contribution in [-0.2, 0) is 13.1 Å². The maximum absolute atomic E-state index is 12.5. The predicted molar refractivity (Wildman–Crippen MR) is 116 cm³/mol. The van der Waals surface area contributed by atoms with E-state index in [1.54, 1.807) is 31.4 Å². The molecule has 0 fully saturated rings. The Morgan fingerprint density at radius 2 is 1.79 bits per heavy atom. The maximum atomic E-state index is 12.5. The van der Waals surface area contributed by atoms with E-state index in [0.29, 0.717) is 30.6 Å². The zero-order chi connectivity index (χ0) is 19.5. The zero-order valence-electron chi connectivity index (χ0n) is 15.8. The second-order valence-electron chi connectivity index (χ2n) is 5.58. The van der Waals surface area contributed by atoms with Crippen molar-refractivity contribution in [3.05, 3.63) is 53.7 Å². The average molecular weight is 506 g/mol. The second kappa shape index (κ2) is 13.1. The number of benzene rings is 1. The predicted octanol–water partition coefficient (Wildman–Crippen LogP) is 3.96. The number of guanidine groups is 1. The van der Waals surface area contributed by atoms with Crippen molar-refractivity contribution in [3.63, 3.8) is 0 Å². The molecule has 0 bridgehead atoms. The van der Waals surface area contributed by atoms with E-state index in [0.717, 1.165) is 12.0 Å². The first-order valence-electron chi connectivity index (χ1n) is 8.68. The summed E-state index contributed by atoms with van der Waals surface area (Å²) in [6.45, 7) is 0.507.